The van der Waals surface area contributed by atoms with Crippen LogP contribution in [0.3, 0.4) is 0 Å². The van der Waals surface area contributed by atoms with E-state index in [-0.39, 0.29) is 11.5 Å². The van der Waals surface area contributed by atoms with Gasteiger partial charge in [0.1, 0.15) is 0 Å². The van der Waals surface area contributed by atoms with Gasteiger partial charge in [0.05, 0.1) is 13.7 Å². The van der Waals surface area contributed by atoms with E-state index in [1.54, 1.807) is 6.07 Å². The Morgan fingerprint density at radius 3 is 2.63 bits per heavy atom. The number of hydrogen-bond acceptors (Lipinski definition) is 6. The average Bonchev–Trinajstić information content (AvgIpc) is 2.69. The molecule has 2 aromatic rings. The van der Waals surface area contributed by atoms with Gasteiger partial charge in [-0.1, -0.05) is 24.3 Å². The Labute approximate surface area is 160 Å². The number of anilines is 1. The third-order valence-corrected chi connectivity index (χ3v) is 4.93. The lowest BCUT2D eigenvalue weighted by molar-refractivity contribution is 0.0876. The van der Waals surface area contributed by atoms with Gasteiger partial charge >= 0.3 is 0 Å². The van der Waals surface area contributed by atoms with Gasteiger partial charge in [0.25, 0.3) is 0 Å². The molecular formula is C21H27N3O3. The summed E-state index contributed by atoms with van der Waals surface area (Å²) in [5, 5.41) is 13.5. The van der Waals surface area contributed by atoms with Crippen molar-refractivity contribution in [3.05, 3.63) is 53.6 Å². The van der Waals surface area contributed by atoms with E-state index in [0.717, 1.165) is 37.4 Å². The molecule has 0 saturated carbocycles. The molecule has 1 aliphatic heterocycles. The minimum absolute atomic E-state index is 0.132. The summed E-state index contributed by atoms with van der Waals surface area (Å²) in [5.41, 5.74) is 2.29. The van der Waals surface area contributed by atoms with Crippen molar-refractivity contribution in [1.82, 2.24) is 9.80 Å². The first-order valence-electron chi connectivity index (χ1n) is 9.19. The van der Waals surface area contributed by atoms with Crippen molar-refractivity contribution >= 4 is 11.5 Å². The Kier molecular flexibility index (Phi) is 6.32. The fraction of sp³-hybridized carbons (Fsp3) is 0.381. The number of para-hydroxylation sites is 1. The fourth-order valence-electron chi connectivity index (χ4n) is 3.18. The highest BCUT2D eigenvalue weighted by Gasteiger charge is 2.17. The summed E-state index contributed by atoms with van der Waals surface area (Å²) in [6.45, 7) is 4.75. The average molecular weight is 369 g/mol. The number of phenols is 1. The van der Waals surface area contributed by atoms with Gasteiger partial charge in [0, 0.05) is 49.5 Å². The van der Waals surface area contributed by atoms with Gasteiger partial charge in [-0.25, -0.2) is 0 Å². The molecule has 1 heterocycles. The largest absolute Gasteiger partial charge is 0.504 e. The number of benzene rings is 2. The molecule has 27 heavy (non-hydrogen) atoms. The number of ether oxygens (including phenoxy) is 1. The minimum Gasteiger partial charge on any atom is -0.504 e. The summed E-state index contributed by atoms with van der Waals surface area (Å²) in [4.78, 5) is 17.1. The number of ketones is 1. The van der Waals surface area contributed by atoms with Crippen LogP contribution < -0.4 is 10.1 Å². The molecule has 0 amide bonds. The zero-order valence-corrected chi connectivity index (χ0v) is 15.9. The third-order valence-electron chi connectivity index (χ3n) is 4.93. The second kappa shape index (κ2) is 8.88. The molecule has 0 spiro atoms. The number of rotatable bonds is 7. The first-order valence-corrected chi connectivity index (χ1v) is 9.19. The summed E-state index contributed by atoms with van der Waals surface area (Å²) in [7, 11) is 3.64. The number of hydrogen-bond donors (Lipinski definition) is 2. The molecule has 1 saturated heterocycles. The molecule has 0 bridgehead atoms. The Hall–Kier alpha value is -2.57. The lowest BCUT2D eigenvalue weighted by Crippen LogP contribution is -2.46. The van der Waals surface area contributed by atoms with Gasteiger partial charge in [-0.3, -0.25) is 9.69 Å². The molecule has 6 nitrogen and oxygen atoms in total. The molecule has 0 aromatic heterocycles. The van der Waals surface area contributed by atoms with Crippen LogP contribution in [0.15, 0.2) is 42.5 Å². The van der Waals surface area contributed by atoms with Crippen molar-refractivity contribution in [3.63, 3.8) is 0 Å². The highest BCUT2D eigenvalue weighted by Crippen LogP contribution is 2.29. The Balaban J connectivity index is 1.61. The van der Waals surface area contributed by atoms with Crippen molar-refractivity contribution in [3.8, 4) is 11.5 Å². The first-order chi connectivity index (χ1) is 13.1. The third kappa shape index (κ3) is 4.99. The second-order valence-electron chi connectivity index (χ2n) is 6.90. The molecule has 2 N–H and O–H groups in total. The molecule has 1 fully saturated rings. The van der Waals surface area contributed by atoms with Crippen LogP contribution in [0.25, 0.3) is 0 Å². The van der Waals surface area contributed by atoms with Gasteiger partial charge in [0.2, 0.25) is 0 Å². The number of methoxy groups -OCH3 is 1. The van der Waals surface area contributed by atoms with Crippen molar-refractivity contribution < 1.29 is 14.6 Å². The molecule has 0 aliphatic carbocycles. The lowest BCUT2D eigenvalue weighted by Gasteiger charge is -2.31. The smallest absolute Gasteiger partial charge is 0.176 e. The molecule has 0 unspecified atom stereocenters. The Morgan fingerprint density at radius 2 is 1.89 bits per heavy atom. The van der Waals surface area contributed by atoms with E-state index in [9.17, 15) is 9.90 Å². The summed E-state index contributed by atoms with van der Waals surface area (Å²) in [6, 6.07) is 12.9. The number of Topliss-reactive ketones (excluding diaryl/α,β-unsaturated/α-hetero) is 1. The van der Waals surface area contributed by atoms with Crippen molar-refractivity contribution in [1.29, 1.82) is 0 Å². The van der Waals surface area contributed by atoms with Crippen LogP contribution in [0.4, 0.5) is 5.69 Å². The van der Waals surface area contributed by atoms with E-state index in [2.05, 4.69) is 22.2 Å². The van der Waals surface area contributed by atoms with Gasteiger partial charge < -0.3 is 20.1 Å². The number of aromatic hydroxyl groups is 1. The topological polar surface area (TPSA) is 65.0 Å². The molecular weight excluding hydrogens is 342 g/mol. The monoisotopic (exact) mass is 369 g/mol. The number of piperazine rings is 1. The van der Waals surface area contributed by atoms with E-state index in [0.29, 0.717) is 24.4 Å². The highest BCUT2D eigenvalue weighted by atomic mass is 16.5. The second-order valence-corrected chi connectivity index (χ2v) is 6.90. The van der Waals surface area contributed by atoms with Crippen LogP contribution in [-0.4, -0.2) is 67.6 Å². The fourth-order valence-corrected chi connectivity index (χ4v) is 3.18. The highest BCUT2D eigenvalue weighted by molar-refractivity contribution is 5.98. The first kappa shape index (κ1) is 19.2. The number of likely N-dealkylation sites (N-methyl/N-ethyl adjacent to an activating group) is 1. The zero-order valence-electron chi connectivity index (χ0n) is 15.9. The van der Waals surface area contributed by atoms with Gasteiger partial charge in [0.15, 0.2) is 17.3 Å². The van der Waals surface area contributed by atoms with E-state index in [1.807, 2.05) is 36.4 Å². The van der Waals surface area contributed by atoms with Crippen molar-refractivity contribution in [2.24, 2.45) is 0 Å². The van der Waals surface area contributed by atoms with E-state index >= 15 is 0 Å². The van der Waals surface area contributed by atoms with Crippen molar-refractivity contribution in [2.75, 3.05) is 52.2 Å². The van der Waals surface area contributed by atoms with Crippen LogP contribution in [0.2, 0.25) is 0 Å². The summed E-state index contributed by atoms with van der Waals surface area (Å²) >= 11 is 0. The lowest BCUT2D eigenvalue weighted by atomic mass is 10.1. The molecule has 6 heteroatoms. The Morgan fingerprint density at radius 1 is 1.15 bits per heavy atom. The predicted octanol–water partition coefficient (Wildman–Crippen LogP) is 2.44. The van der Waals surface area contributed by atoms with Crippen LogP contribution in [0.1, 0.15) is 15.9 Å². The van der Waals surface area contributed by atoms with Gasteiger partial charge in [-0.15, -0.1) is 0 Å². The molecule has 144 valence electrons. The van der Waals surface area contributed by atoms with Crippen molar-refractivity contribution in [2.45, 2.75) is 6.54 Å². The molecule has 2 aromatic carbocycles. The van der Waals surface area contributed by atoms with Crippen LogP contribution in [0.5, 0.6) is 11.5 Å². The summed E-state index contributed by atoms with van der Waals surface area (Å²) in [6.07, 6.45) is 0. The van der Waals surface area contributed by atoms with Gasteiger partial charge in [-0.2, -0.15) is 0 Å². The quantitative estimate of drug-likeness (QED) is 0.731. The maximum absolute atomic E-state index is 12.6. The maximum atomic E-state index is 12.6. The number of carbonyl (C=O) groups excluding carboxylic acids is 1. The van der Waals surface area contributed by atoms with E-state index in [1.165, 1.54) is 7.11 Å². The number of nitrogens with one attached hydrogen (secondary N) is 1. The normalized spacial score (nSPS) is 15.5. The van der Waals surface area contributed by atoms with Gasteiger partial charge in [-0.05, 0) is 25.2 Å². The number of phenolic OH excluding ortho intramolecular Hbond substituents is 1. The SMILES string of the molecule is COc1cccc(CNc2cccc(C(=O)CN3CCN(C)CC3)c2)c1O. The Bertz CT molecular complexity index is 786. The summed E-state index contributed by atoms with van der Waals surface area (Å²) in [5.74, 6) is 0.715. The molecule has 3 rings (SSSR count). The van der Waals surface area contributed by atoms with Crippen LogP contribution in [-0.2, 0) is 6.54 Å². The molecule has 1 aliphatic rings. The van der Waals surface area contributed by atoms with E-state index < -0.39 is 0 Å². The maximum Gasteiger partial charge on any atom is 0.176 e. The molecule has 0 atom stereocenters. The number of carbonyl (C=O) groups is 1. The van der Waals surface area contributed by atoms with E-state index in [4.69, 9.17) is 4.74 Å². The summed E-state index contributed by atoms with van der Waals surface area (Å²) < 4.78 is 5.14. The minimum atomic E-state index is 0.132. The van der Waals surface area contributed by atoms with Crippen LogP contribution in [0, 0.1) is 0 Å². The molecule has 0 radical (unpaired) electrons. The number of nitrogens with zero attached hydrogens (tertiary/aromatic N) is 2. The zero-order chi connectivity index (χ0) is 19.2. The standard InChI is InChI=1S/C21H27N3O3/c1-23-9-11-24(12-10-23)15-19(25)16-5-3-7-18(13-16)22-14-17-6-4-8-20(27-2)21(17)26/h3-8,13,22,26H,9-12,14-15H2,1-2H3. The predicted molar refractivity (Wildman–Crippen MR) is 107 cm³/mol. The van der Waals surface area contributed by atoms with Crippen LogP contribution >= 0.6 is 0 Å².